The number of amides is 4. The molecular weight excluding hydrogens is 1030 g/mol. The Labute approximate surface area is 428 Å². The normalized spacial score (nSPS) is 17.8. The molecule has 0 bridgehead atoms. The summed E-state index contributed by atoms with van der Waals surface area (Å²) >= 11 is 17.4. The average molecular weight is 1080 g/mol. The van der Waals surface area contributed by atoms with Crippen molar-refractivity contribution >= 4 is 69.7 Å². The van der Waals surface area contributed by atoms with Crippen LogP contribution in [0.5, 0.6) is 0 Å². The van der Waals surface area contributed by atoms with Crippen LogP contribution in [0.15, 0.2) is 132 Å². The minimum Gasteiger partial charge on any atom is -0.306 e. The number of hydrogen-bond donors (Lipinski definition) is 1. The Morgan fingerprint density at radius 3 is 1.51 bits per heavy atom. The zero-order chi connectivity index (χ0) is 52.0. The molecule has 2 fully saturated rings. The third kappa shape index (κ3) is 14.0. The van der Waals surface area contributed by atoms with Crippen molar-refractivity contribution in [1.29, 1.82) is 0 Å². The number of hydrazone groups is 2. The first kappa shape index (κ1) is 52.8. The van der Waals surface area contributed by atoms with E-state index in [0.717, 1.165) is 66.0 Å². The summed E-state index contributed by atoms with van der Waals surface area (Å²) in [6.07, 6.45) is 2.77. The first-order chi connectivity index (χ1) is 34.8. The van der Waals surface area contributed by atoms with E-state index >= 15 is 0 Å². The van der Waals surface area contributed by atoms with Crippen LogP contribution >= 0.6 is 34.8 Å². The minimum atomic E-state index is -4.47. The smallest absolute Gasteiger partial charge is 0.306 e. The van der Waals surface area contributed by atoms with Gasteiger partial charge in [0.1, 0.15) is 11.6 Å². The van der Waals surface area contributed by atoms with Crippen molar-refractivity contribution < 1.29 is 44.7 Å². The molecule has 2 atom stereocenters. The maximum absolute atomic E-state index is 14.1. The van der Waals surface area contributed by atoms with E-state index in [-0.39, 0.29) is 36.8 Å². The second kappa shape index (κ2) is 22.7. The van der Waals surface area contributed by atoms with Gasteiger partial charge in [-0.15, -0.1) is 11.6 Å². The van der Waals surface area contributed by atoms with Gasteiger partial charge in [0.05, 0.1) is 57.1 Å². The quantitative estimate of drug-likeness (QED) is 0.115. The van der Waals surface area contributed by atoms with Crippen molar-refractivity contribution in [3.05, 3.63) is 166 Å². The SMILES string of the molecule is ClCC1CC1.O=C(N1CCC(n2cc(Cl)cn2)C(c2cccc(F)c2)=N1)N(CC1CC1)c1ccc(C(F)(F)F)cc1.O=C(Nc1ccc(C(F)(F)F)cc1)N1CCC(n2cc(Cl)cn2)C(c2cccc(F)c2)=N1. The van der Waals surface area contributed by atoms with E-state index in [0.29, 0.717) is 57.7 Å². The van der Waals surface area contributed by atoms with Gasteiger partial charge in [-0.25, -0.2) is 28.4 Å². The lowest BCUT2D eigenvalue weighted by molar-refractivity contribution is -0.138. The second-order valence-electron chi connectivity index (χ2n) is 17.6. The van der Waals surface area contributed by atoms with Gasteiger partial charge in [0.2, 0.25) is 0 Å². The van der Waals surface area contributed by atoms with Gasteiger partial charge < -0.3 is 5.32 Å². The zero-order valence-corrected chi connectivity index (χ0v) is 40.7. The van der Waals surface area contributed by atoms with Crippen LogP contribution in [0.25, 0.3) is 0 Å². The Bertz CT molecular complexity index is 2940. The lowest BCUT2D eigenvalue weighted by Crippen LogP contribution is -2.46. The molecule has 10 rings (SSSR count). The minimum absolute atomic E-state index is 0.187. The van der Waals surface area contributed by atoms with Crippen LogP contribution < -0.4 is 10.2 Å². The van der Waals surface area contributed by atoms with Crippen LogP contribution in [0.4, 0.5) is 56.1 Å². The van der Waals surface area contributed by atoms with Crippen LogP contribution in [0.1, 0.15) is 72.9 Å². The molecule has 4 aromatic carbocycles. The second-order valence-corrected chi connectivity index (χ2v) is 18.8. The lowest BCUT2D eigenvalue weighted by atomic mass is 9.99. The summed E-state index contributed by atoms with van der Waals surface area (Å²) in [6, 6.07) is 18.5. The molecule has 1 N–H and O–H groups in total. The fourth-order valence-corrected chi connectivity index (χ4v) is 8.44. The first-order valence-electron chi connectivity index (χ1n) is 23.0. The van der Waals surface area contributed by atoms with Crippen LogP contribution in [0.2, 0.25) is 10.0 Å². The summed E-state index contributed by atoms with van der Waals surface area (Å²) in [5.74, 6) is 1.16. The number of urea groups is 2. The molecule has 4 amide bonds. The van der Waals surface area contributed by atoms with Gasteiger partial charge in [-0.05, 0) is 123 Å². The molecule has 2 aromatic heterocycles. The number of carbonyl (C=O) groups is 2. The largest absolute Gasteiger partial charge is 0.416 e. The topological polar surface area (TPSA) is 116 Å². The van der Waals surface area contributed by atoms with Crippen LogP contribution in [-0.4, -0.2) is 78.6 Å². The molecule has 73 heavy (non-hydrogen) atoms. The molecule has 2 saturated carbocycles. The summed E-state index contributed by atoms with van der Waals surface area (Å²) < 4.78 is 108. The maximum Gasteiger partial charge on any atom is 0.416 e. The Morgan fingerprint density at radius 2 is 1.10 bits per heavy atom. The van der Waals surface area contributed by atoms with E-state index in [1.807, 2.05) is 0 Å². The van der Waals surface area contributed by atoms with Gasteiger partial charge in [-0.3, -0.25) is 14.3 Å². The standard InChI is InChI=1S/C25H22ClF4N5O.C21H16ClF4N5O.C4H7Cl/c26-19-13-31-35(15-19)22-10-11-34(32-23(22)17-2-1-3-20(27)12-17)24(36)33(14-16-4-5-16)21-8-6-18(7-9-21)25(28,29)30;22-15-11-27-31(12-15)18-8-9-30(29-19(18)13-2-1-3-16(23)10-13)20(32)28-17-6-4-14(5-7-17)21(24,25)26;5-3-4-1-2-4/h1-3,6-9,12-13,15-16,22H,4-5,10-11,14H2;1-7,10-12,18H,8-9H2,(H,28,32);4H,1-3H2. The third-order valence-electron chi connectivity index (χ3n) is 12.0. The number of alkyl halides is 7. The molecular formula is C50H45Cl3F8N10O2. The fourth-order valence-electron chi connectivity index (χ4n) is 7.85. The van der Waals surface area contributed by atoms with Gasteiger partial charge in [-0.2, -0.15) is 46.7 Å². The number of halogens is 11. The molecule has 384 valence electrons. The highest BCUT2D eigenvalue weighted by Gasteiger charge is 2.37. The number of aromatic nitrogens is 4. The third-order valence-corrected chi connectivity index (χ3v) is 12.9. The first-order valence-corrected chi connectivity index (χ1v) is 24.3. The molecule has 4 aliphatic rings. The van der Waals surface area contributed by atoms with Crippen LogP contribution in [0, 0.1) is 23.5 Å². The monoisotopic (exact) mass is 1070 g/mol. The van der Waals surface area contributed by atoms with Crippen molar-refractivity contribution in [2.75, 3.05) is 35.7 Å². The Hall–Kier alpha value is -6.51. The predicted octanol–water partition coefficient (Wildman–Crippen LogP) is 13.6. The summed E-state index contributed by atoms with van der Waals surface area (Å²) in [7, 11) is 0. The van der Waals surface area contributed by atoms with Crippen molar-refractivity contribution in [2.24, 2.45) is 22.0 Å². The average Bonchev–Trinajstić information content (AvgIpc) is 4.30. The molecule has 4 heterocycles. The van der Waals surface area contributed by atoms with Gasteiger partial charge in [-0.1, -0.05) is 47.5 Å². The lowest BCUT2D eigenvalue weighted by Gasteiger charge is -2.33. The zero-order valence-electron chi connectivity index (χ0n) is 38.4. The van der Waals surface area contributed by atoms with Crippen molar-refractivity contribution in [3.63, 3.8) is 0 Å². The highest BCUT2D eigenvalue weighted by atomic mass is 35.5. The highest BCUT2D eigenvalue weighted by Crippen LogP contribution is 2.36. The van der Waals surface area contributed by atoms with Gasteiger partial charge in [0, 0.05) is 60.4 Å². The van der Waals surface area contributed by atoms with E-state index in [9.17, 15) is 44.7 Å². The van der Waals surface area contributed by atoms with Gasteiger partial charge >= 0.3 is 24.4 Å². The summed E-state index contributed by atoms with van der Waals surface area (Å²) in [6.45, 7) is 0.818. The molecule has 6 aromatic rings. The van der Waals surface area contributed by atoms with E-state index in [1.54, 1.807) is 40.0 Å². The molecule has 2 aliphatic heterocycles. The molecule has 2 unspecified atom stereocenters. The number of hydrogen-bond acceptors (Lipinski definition) is 6. The molecule has 12 nitrogen and oxygen atoms in total. The maximum atomic E-state index is 14.1. The molecule has 23 heteroatoms. The number of nitrogens with zero attached hydrogens (tertiary/aromatic N) is 9. The van der Waals surface area contributed by atoms with Crippen molar-refractivity contribution in [1.82, 2.24) is 29.6 Å². The van der Waals surface area contributed by atoms with Crippen LogP contribution in [0.3, 0.4) is 0 Å². The molecule has 0 spiro atoms. The van der Waals surface area contributed by atoms with E-state index in [4.69, 9.17) is 34.8 Å². The summed E-state index contributed by atoms with van der Waals surface area (Å²) in [5, 5.41) is 23.3. The fraction of sp³-hybridized carbons (Fsp3) is 0.320. The van der Waals surface area contributed by atoms with E-state index in [1.165, 1.54) is 77.6 Å². The number of rotatable bonds is 9. The Balaban J connectivity index is 0.000000179. The molecule has 2 aliphatic carbocycles. The van der Waals surface area contributed by atoms with Crippen LogP contribution in [-0.2, 0) is 12.4 Å². The van der Waals surface area contributed by atoms with Gasteiger partial charge in [0.15, 0.2) is 0 Å². The predicted molar refractivity (Wildman–Crippen MR) is 262 cm³/mol. The van der Waals surface area contributed by atoms with Crippen molar-refractivity contribution in [3.8, 4) is 0 Å². The molecule has 0 saturated heterocycles. The van der Waals surface area contributed by atoms with Gasteiger partial charge in [0.25, 0.3) is 0 Å². The number of carbonyl (C=O) groups excluding carboxylic acids is 2. The number of anilines is 2. The van der Waals surface area contributed by atoms with Crippen molar-refractivity contribution in [2.45, 2.75) is 63.0 Å². The highest BCUT2D eigenvalue weighted by molar-refractivity contribution is 6.30. The van der Waals surface area contributed by atoms with E-state index < -0.39 is 47.2 Å². The number of nitrogens with one attached hydrogen (secondary N) is 1. The Kier molecular flexibility index (Phi) is 16.4. The summed E-state index contributed by atoms with van der Waals surface area (Å²) in [4.78, 5) is 27.8. The molecule has 0 radical (unpaired) electrons. The number of benzene rings is 4. The Morgan fingerprint density at radius 1 is 0.630 bits per heavy atom. The van der Waals surface area contributed by atoms with E-state index in [2.05, 4.69) is 25.7 Å². The summed E-state index contributed by atoms with van der Waals surface area (Å²) in [5.41, 5.74) is 0.748.